The molecule has 27 heavy (non-hydrogen) atoms. The van der Waals surface area contributed by atoms with Crippen molar-refractivity contribution in [2.45, 2.75) is 27.3 Å². The molecule has 3 aromatic rings. The first kappa shape index (κ1) is 19.0. The molecule has 0 saturated heterocycles. The summed E-state index contributed by atoms with van der Waals surface area (Å²) in [6, 6.07) is 7.45. The van der Waals surface area contributed by atoms with Gasteiger partial charge in [0.15, 0.2) is 5.52 Å². The second-order valence-corrected chi connectivity index (χ2v) is 7.22. The maximum atomic E-state index is 12.8. The Hall–Kier alpha value is -2.74. The molecule has 0 aliphatic rings. The second-order valence-electron chi connectivity index (χ2n) is 6.02. The number of hydrogen-bond donors (Lipinski definition) is 0. The number of aromatic nitrogens is 3. The van der Waals surface area contributed by atoms with Crippen LogP contribution in [0.1, 0.15) is 18.9 Å². The van der Waals surface area contributed by atoms with Gasteiger partial charge in [-0.1, -0.05) is 0 Å². The van der Waals surface area contributed by atoms with Gasteiger partial charge < -0.3 is 9.64 Å². The molecule has 7 nitrogen and oxygen atoms in total. The minimum Gasteiger partial charge on any atom is -0.497 e. The maximum absolute atomic E-state index is 12.8. The zero-order chi connectivity index (χ0) is 19.6. The van der Waals surface area contributed by atoms with E-state index >= 15 is 0 Å². The number of carbonyl (C=O) groups excluding carboxylic acids is 1. The summed E-state index contributed by atoms with van der Waals surface area (Å²) in [5.41, 5.74) is 1.50. The lowest BCUT2D eigenvalue weighted by atomic mass is 10.1. The molecular formula is C19H22N4O3S. The number of rotatable bonds is 6. The quantitative estimate of drug-likeness (QED) is 0.651. The molecular weight excluding hydrogens is 364 g/mol. The predicted molar refractivity (Wildman–Crippen MR) is 106 cm³/mol. The Labute approximate surface area is 161 Å². The molecule has 2 heterocycles. The summed E-state index contributed by atoms with van der Waals surface area (Å²) >= 11 is 1.43. The third-order valence-electron chi connectivity index (χ3n) is 4.37. The van der Waals surface area contributed by atoms with Crippen molar-refractivity contribution in [3.05, 3.63) is 39.6 Å². The first-order valence-electron chi connectivity index (χ1n) is 8.78. The molecule has 0 atom stereocenters. The molecule has 0 saturated carbocycles. The lowest BCUT2D eigenvalue weighted by Crippen LogP contribution is -2.37. The molecule has 0 bridgehead atoms. The number of fused-ring (bicyclic) bond motifs is 1. The molecule has 8 heteroatoms. The zero-order valence-corrected chi connectivity index (χ0v) is 16.7. The van der Waals surface area contributed by atoms with Crippen LogP contribution in [0, 0.1) is 6.92 Å². The third kappa shape index (κ3) is 3.71. The Bertz CT molecular complexity index is 1020. The highest BCUT2D eigenvalue weighted by Gasteiger charge is 2.19. The maximum Gasteiger partial charge on any atom is 0.294 e. The Morgan fingerprint density at radius 2 is 1.89 bits per heavy atom. The van der Waals surface area contributed by atoms with Gasteiger partial charge in [-0.25, -0.2) is 9.67 Å². The second kappa shape index (κ2) is 7.87. The van der Waals surface area contributed by atoms with Gasteiger partial charge in [0.05, 0.1) is 16.8 Å². The Balaban J connectivity index is 2.13. The van der Waals surface area contributed by atoms with Crippen LogP contribution < -0.4 is 10.3 Å². The van der Waals surface area contributed by atoms with E-state index in [1.54, 1.807) is 12.0 Å². The van der Waals surface area contributed by atoms with Crippen LogP contribution in [-0.2, 0) is 11.3 Å². The minimum atomic E-state index is -0.341. The predicted octanol–water partition coefficient (Wildman–Crippen LogP) is 2.71. The van der Waals surface area contributed by atoms with Gasteiger partial charge in [0.1, 0.15) is 18.0 Å². The molecule has 0 fully saturated rings. The van der Waals surface area contributed by atoms with E-state index in [1.807, 2.05) is 45.0 Å². The average Bonchev–Trinajstić information content (AvgIpc) is 3.07. The lowest BCUT2D eigenvalue weighted by molar-refractivity contribution is -0.131. The van der Waals surface area contributed by atoms with Gasteiger partial charge in [-0.3, -0.25) is 9.59 Å². The lowest BCUT2D eigenvalue weighted by Gasteiger charge is -2.19. The molecule has 1 amide bonds. The van der Waals surface area contributed by atoms with Gasteiger partial charge in [0.2, 0.25) is 5.91 Å². The third-order valence-corrected chi connectivity index (χ3v) is 5.35. The Morgan fingerprint density at radius 1 is 1.22 bits per heavy atom. The van der Waals surface area contributed by atoms with E-state index in [-0.39, 0.29) is 18.0 Å². The molecule has 0 N–H and O–H groups in total. The summed E-state index contributed by atoms with van der Waals surface area (Å²) in [5, 5.41) is 5.30. The van der Waals surface area contributed by atoms with Gasteiger partial charge in [0.25, 0.3) is 5.56 Å². The van der Waals surface area contributed by atoms with Crippen LogP contribution in [0.2, 0.25) is 0 Å². The van der Waals surface area contributed by atoms with Gasteiger partial charge >= 0.3 is 0 Å². The molecule has 0 aliphatic carbocycles. The van der Waals surface area contributed by atoms with Gasteiger partial charge in [-0.05, 0) is 45.0 Å². The van der Waals surface area contributed by atoms with Crippen molar-refractivity contribution in [1.29, 1.82) is 0 Å². The van der Waals surface area contributed by atoms with E-state index in [1.165, 1.54) is 16.0 Å². The van der Waals surface area contributed by atoms with Gasteiger partial charge in [-0.15, -0.1) is 11.3 Å². The summed E-state index contributed by atoms with van der Waals surface area (Å²) in [5.74, 6) is 0.599. The van der Waals surface area contributed by atoms with Crippen LogP contribution in [0.5, 0.6) is 5.75 Å². The highest BCUT2D eigenvalue weighted by molar-refractivity contribution is 7.19. The monoisotopic (exact) mass is 386 g/mol. The molecule has 0 aliphatic heterocycles. The normalized spacial score (nSPS) is 11.0. The molecule has 1 aromatic carbocycles. The summed E-state index contributed by atoms with van der Waals surface area (Å²) in [6.07, 6.45) is 0. The molecule has 2 aromatic heterocycles. The van der Waals surface area contributed by atoms with Gasteiger partial charge in [-0.2, -0.15) is 5.10 Å². The number of likely N-dealkylation sites (N-methyl/N-ethyl adjacent to an activating group) is 1. The molecule has 0 radical (unpaired) electrons. The van der Waals surface area contributed by atoms with Gasteiger partial charge in [0, 0.05) is 18.7 Å². The SMILES string of the molecule is CCN(CC)C(=O)Cn1nc(-c2ccc(OC)cc2)c2sc(C)nc2c1=O. The number of benzene rings is 1. The smallest absolute Gasteiger partial charge is 0.294 e. The van der Waals surface area contributed by atoms with Crippen molar-refractivity contribution in [3.8, 4) is 17.0 Å². The molecule has 142 valence electrons. The fourth-order valence-electron chi connectivity index (χ4n) is 2.92. The fraction of sp³-hybridized carbons (Fsp3) is 0.368. The largest absolute Gasteiger partial charge is 0.497 e. The number of hydrogen-bond acceptors (Lipinski definition) is 6. The first-order chi connectivity index (χ1) is 13.0. The minimum absolute atomic E-state index is 0.101. The fourth-order valence-corrected chi connectivity index (χ4v) is 3.83. The number of thiazole rings is 1. The van der Waals surface area contributed by atoms with Crippen LogP contribution in [0.3, 0.4) is 0 Å². The van der Waals surface area contributed by atoms with Crippen molar-refractivity contribution in [3.63, 3.8) is 0 Å². The van der Waals surface area contributed by atoms with Crippen LogP contribution in [0.25, 0.3) is 21.5 Å². The summed E-state index contributed by atoms with van der Waals surface area (Å²) in [7, 11) is 1.61. The van der Waals surface area contributed by atoms with E-state index in [0.717, 1.165) is 21.0 Å². The molecule has 3 rings (SSSR count). The Morgan fingerprint density at radius 3 is 2.48 bits per heavy atom. The van der Waals surface area contributed by atoms with Crippen molar-refractivity contribution in [1.82, 2.24) is 19.7 Å². The van der Waals surface area contributed by atoms with E-state index in [0.29, 0.717) is 24.3 Å². The van der Waals surface area contributed by atoms with E-state index in [2.05, 4.69) is 10.1 Å². The van der Waals surface area contributed by atoms with Crippen molar-refractivity contribution in [2.24, 2.45) is 0 Å². The van der Waals surface area contributed by atoms with E-state index in [9.17, 15) is 9.59 Å². The van der Waals surface area contributed by atoms with Crippen molar-refractivity contribution < 1.29 is 9.53 Å². The summed E-state index contributed by atoms with van der Waals surface area (Å²) in [4.78, 5) is 31.4. The highest BCUT2D eigenvalue weighted by atomic mass is 32.1. The number of aryl methyl sites for hydroxylation is 1. The summed E-state index contributed by atoms with van der Waals surface area (Å²) < 4.78 is 7.16. The number of methoxy groups -OCH3 is 1. The molecule has 0 unspecified atom stereocenters. The number of amides is 1. The summed E-state index contributed by atoms with van der Waals surface area (Å²) in [6.45, 7) is 6.76. The van der Waals surface area contributed by atoms with Crippen LogP contribution in [0.15, 0.2) is 29.1 Å². The Kier molecular flexibility index (Phi) is 5.55. The van der Waals surface area contributed by atoms with Crippen molar-refractivity contribution >= 4 is 27.5 Å². The van der Waals surface area contributed by atoms with E-state index in [4.69, 9.17) is 4.74 Å². The average molecular weight is 386 g/mol. The standard InChI is InChI=1S/C19H22N4O3S/c1-5-22(6-2)15(24)11-23-19(25)17-18(27-12(3)20-17)16(21-23)13-7-9-14(26-4)10-8-13/h7-10H,5-6,11H2,1-4H3. The highest BCUT2D eigenvalue weighted by Crippen LogP contribution is 2.30. The number of nitrogens with zero attached hydrogens (tertiary/aromatic N) is 4. The molecule has 0 spiro atoms. The van der Waals surface area contributed by atoms with E-state index < -0.39 is 0 Å². The zero-order valence-electron chi connectivity index (χ0n) is 15.9. The topological polar surface area (TPSA) is 77.3 Å². The van der Waals surface area contributed by atoms with Crippen LogP contribution in [0.4, 0.5) is 0 Å². The first-order valence-corrected chi connectivity index (χ1v) is 9.60. The van der Waals surface area contributed by atoms with Crippen LogP contribution >= 0.6 is 11.3 Å². The van der Waals surface area contributed by atoms with Crippen LogP contribution in [-0.4, -0.2) is 45.8 Å². The van der Waals surface area contributed by atoms with Crippen molar-refractivity contribution in [2.75, 3.05) is 20.2 Å². The number of ether oxygens (including phenoxy) is 1. The number of carbonyl (C=O) groups is 1.